The predicted molar refractivity (Wildman–Crippen MR) is 80.5 cm³/mol. The number of hydrogen-bond donors (Lipinski definition) is 1. The molecule has 1 aliphatic rings. The fourth-order valence-corrected chi connectivity index (χ4v) is 3.24. The fraction of sp³-hybridized carbons (Fsp3) is 0.647. The van der Waals surface area contributed by atoms with Crippen LogP contribution in [0.15, 0.2) is 18.2 Å². The Morgan fingerprint density at radius 3 is 2.80 bits per heavy atom. The van der Waals surface area contributed by atoms with Gasteiger partial charge in [0.15, 0.2) is 0 Å². The summed E-state index contributed by atoms with van der Waals surface area (Å²) in [6, 6.07) is 4.98. The molecule has 1 N–H and O–H groups in total. The average molecular weight is 279 g/mol. The maximum absolute atomic E-state index is 14.0. The third-order valence-corrected chi connectivity index (χ3v) is 4.64. The van der Waals surface area contributed by atoms with Crippen molar-refractivity contribution in [3.05, 3.63) is 29.6 Å². The molecule has 1 saturated carbocycles. The van der Waals surface area contributed by atoms with Gasteiger partial charge in [0, 0.05) is 11.6 Å². The molecule has 1 fully saturated rings. The van der Waals surface area contributed by atoms with Crippen LogP contribution in [0.5, 0.6) is 5.75 Å². The van der Waals surface area contributed by atoms with Crippen LogP contribution in [0.1, 0.15) is 51.1 Å². The van der Waals surface area contributed by atoms with Gasteiger partial charge in [-0.15, -0.1) is 0 Å². The first-order chi connectivity index (χ1) is 9.63. The van der Waals surface area contributed by atoms with Crippen LogP contribution >= 0.6 is 0 Å². The van der Waals surface area contributed by atoms with Crippen molar-refractivity contribution in [3.63, 3.8) is 0 Å². The Balaban J connectivity index is 1.99. The van der Waals surface area contributed by atoms with Crippen molar-refractivity contribution in [2.45, 2.75) is 45.6 Å². The highest BCUT2D eigenvalue weighted by molar-refractivity contribution is 5.36. The third-order valence-electron chi connectivity index (χ3n) is 4.64. The van der Waals surface area contributed by atoms with Crippen molar-refractivity contribution in [1.29, 1.82) is 0 Å². The molecule has 0 amide bonds. The topological polar surface area (TPSA) is 21.3 Å². The summed E-state index contributed by atoms with van der Waals surface area (Å²) in [5.74, 6) is 1.91. The Hall–Kier alpha value is -1.09. The van der Waals surface area contributed by atoms with Gasteiger partial charge in [-0.2, -0.15) is 0 Å². The number of nitrogens with one attached hydrogen (secondary N) is 1. The predicted octanol–water partition coefficient (Wildman–Crippen LogP) is 4.31. The van der Waals surface area contributed by atoms with Crippen molar-refractivity contribution < 1.29 is 9.13 Å². The van der Waals surface area contributed by atoms with Crippen LogP contribution in [0.4, 0.5) is 4.39 Å². The first-order valence-corrected chi connectivity index (χ1v) is 7.69. The standard InChI is InChI=1S/C17H26FNO/c1-12-7-4-5-8-14(12)11-19-13(2)17-15(18)9-6-10-16(17)20-3/h6,9-10,12-14,19H,4-5,7-8,11H2,1-3H3. The second-order valence-electron chi connectivity index (χ2n) is 6.01. The Morgan fingerprint density at radius 1 is 1.35 bits per heavy atom. The molecule has 2 rings (SSSR count). The molecule has 0 aromatic heterocycles. The summed E-state index contributed by atoms with van der Waals surface area (Å²) in [5.41, 5.74) is 0.637. The summed E-state index contributed by atoms with van der Waals surface area (Å²) in [7, 11) is 1.59. The number of methoxy groups -OCH3 is 1. The molecule has 3 atom stereocenters. The van der Waals surface area contributed by atoms with E-state index in [1.807, 2.05) is 13.0 Å². The molecule has 0 bridgehead atoms. The lowest BCUT2D eigenvalue weighted by molar-refractivity contribution is 0.241. The third kappa shape index (κ3) is 3.51. The minimum Gasteiger partial charge on any atom is -0.496 e. The van der Waals surface area contributed by atoms with E-state index in [2.05, 4.69) is 12.2 Å². The Kier molecular flexibility index (Phi) is 5.41. The van der Waals surface area contributed by atoms with Gasteiger partial charge in [0.05, 0.1) is 7.11 Å². The molecule has 0 spiro atoms. The molecule has 112 valence electrons. The van der Waals surface area contributed by atoms with Gasteiger partial charge in [0.2, 0.25) is 0 Å². The number of ether oxygens (including phenoxy) is 1. The van der Waals surface area contributed by atoms with Crippen molar-refractivity contribution in [1.82, 2.24) is 5.32 Å². The summed E-state index contributed by atoms with van der Waals surface area (Å²) in [6.45, 7) is 5.30. The van der Waals surface area contributed by atoms with Crippen LogP contribution in [-0.2, 0) is 0 Å². The summed E-state index contributed by atoms with van der Waals surface area (Å²) in [4.78, 5) is 0. The normalized spacial score (nSPS) is 24.4. The smallest absolute Gasteiger partial charge is 0.131 e. The second kappa shape index (κ2) is 7.07. The van der Waals surface area contributed by atoms with Crippen LogP contribution in [0.3, 0.4) is 0 Å². The van der Waals surface area contributed by atoms with E-state index in [1.165, 1.54) is 31.7 Å². The van der Waals surface area contributed by atoms with Gasteiger partial charge >= 0.3 is 0 Å². The number of benzene rings is 1. The molecule has 1 aliphatic carbocycles. The minimum atomic E-state index is -0.193. The van der Waals surface area contributed by atoms with E-state index in [4.69, 9.17) is 4.74 Å². The van der Waals surface area contributed by atoms with Gasteiger partial charge in [-0.25, -0.2) is 4.39 Å². The van der Waals surface area contributed by atoms with Gasteiger partial charge in [-0.1, -0.05) is 32.3 Å². The SMILES string of the molecule is COc1cccc(F)c1C(C)NCC1CCCCC1C. The van der Waals surface area contributed by atoms with Crippen LogP contribution in [0, 0.1) is 17.7 Å². The monoisotopic (exact) mass is 279 g/mol. The van der Waals surface area contributed by atoms with E-state index >= 15 is 0 Å². The molecule has 1 aromatic carbocycles. The number of halogens is 1. The molecule has 20 heavy (non-hydrogen) atoms. The van der Waals surface area contributed by atoms with Crippen molar-refractivity contribution in [2.24, 2.45) is 11.8 Å². The highest BCUT2D eigenvalue weighted by Crippen LogP contribution is 2.31. The summed E-state index contributed by atoms with van der Waals surface area (Å²) < 4.78 is 19.3. The summed E-state index contributed by atoms with van der Waals surface area (Å²) in [5, 5.41) is 3.49. The lowest BCUT2D eigenvalue weighted by Crippen LogP contribution is -2.31. The highest BCUT2D eigenvalue weighted by atomic mass is 19.1. The zero-order chi connectivity index (χ0) is 14.5. The number of rotatable bonds is 5. The molecule has 0 saturated heterocycles. The first-order valence-electron chi connectivity index (χ1n) is 7.69. The van der Waals surface area contributed by atoms with Crippen molar-refractivity contribution in [2.75, 3.05) is 13.7 Å². The zero-order valence-electron chi connectivity index (χ0n) is 12.8. The van der Waals surface area contributed by atoms with Crippen LogP contribution in [-0.4, -0.2) is 13.7 Å². The second-order valence-corrected chi connectivity index (χ2v) is 6.01. The largest absolute Gasteiger partial charge is 0.496 e. The molecule has 2 nitrogen and oxygen atoms in total. The molecular formula is C17H26FNO. The van der Waals surface area contributed by atoms with E-state index in [1.54, 1.807) is 13.2 Å². The Morgan fingerprint density at radius 2 is 2.10 bits per heavy atom. The van der Waals surface area contributed by atoms with E-state index in [0.29, 0.717) is 17.2 Å². The lowest BCUT2D eigenvalue weighted by Gasteiger charge is -2.30. The van der Waals surface area contributed by atoms with Crippen molar-refractivity contribution >= 4 is 0 Å². The number of hydrogen-bond acceptors (Lipinski definition) is 2. The first kappa shape index (κ1) is 15.3. The Labute approximate surface area is 121 Å². The van der Waals surface area contributed by atoms with E-state index in [0.717, 1.165) is 12.5 Å². The zero-order valence-corrected chi connectivity index (χ0v) is 12.8. The van der Waals surface area contributed by atoms with Gasteiger partial charge in [0.1, 0.15) is 11.6 Å². The van der Waals surface area contributed by atoms with Gasteiger partial charge in [-0.05, 0) is 43.9 Å². The lowest BCUT2D eigenvalue weighted by atomic mass is 9.80. The average Bonchev–Trinajstić information content (AvgIpc) is 2.45. The Bertz CT molecular complexity index is 435. The summed E-state index contributed by atoms with van der Waals surface area (Å²) in [6.07, 6.45) is 5.29. The van der Waals surface area contributed by atoms with E-state index < -0.39 is 0 Å². The maximum atomic E-state index is 14.0. The maximum Gasteiger partial charge on any atom is 0.131 e. The highest BCUT2D eigenvalue weighted by Gasteiger charge is 2.23. The van der Waals surface area contributed by atoms with Gasteiger partial charge in [-0.3, -0.25) is 0 Å². The van der Waals surface area contributed by atoms with Crippen LogP contribution in [0.25, 0.3) is 0 Å². The van der Waals surface area contributed by atoms with Crippen LogP contribution < -0.4 is 10.1 Å². The van der Waals surface area contributed by atoms with Crippen molar-refractivity contribution in [3.8, 4) is 5.75 Å². The summed E-state index contributed by atoms with van der Waals surface area (Å²) >= 11 is 0. The minimum absolute atomic E-state index is 0.0275. The van der Waals surface area contributed by atoms with E-state index in [-0.39, 0.29) is 11.9 Å². The molecule has 1 aromatic rings. The van der Waals surface area contributed by atoms with Gasteiger partial charge < -0.3 is 10.1 Å². The fourth-order valence-electron chi connectivity index (χ4n) is 3.24. The molecule has 0 heterocycles. The molecule has 0 aliphatic heterocycles. The van der Waals surface area contributed by atoms with Gasteiger partial charge in [0.25, 0.3) is 0 Å². The molecule has 3 unspecified atom stereocenters. The van der Waals surface area contributed by atoms with Crippen LogP contribution in [0.2, 0.25) is 0 Å². The molecule has 3 heteroatoms. The van der Waals surface area contributed by atoms with E-state index in [9.17, 15) is 4.39 Å². The quantitative estimate of drug-likeness (QED) is 0.867. The molecule has 0 radical (unpaired) electrons. The molecular weight excluding hydrogens is 253 g/mol.